The molecule has 0 atom stereocenters. The van der Waals surface area contributed by atoms with E-state index in [0.717, 1.165) is 17.3 Å². The summed E-state index contributed by atoms with van der Waals surface area (Å²) in [4.78, 5) is 48.0. The molecule has 3 heterocycles. The van der Waals surface area contributed by atoms with Crippen LogP contribution < -0.4 is 0 Å². The first-order valence-corrected chi connectivity index (χ1v) is 9.11. The highest BCUT2D eigenvalue weighted by Gasteiger charge is 2.38. The van der Waals surface area contributed by atoms with Gasteiger partial charge in [-0.05, 0) is 31.0 Å². The Hall–Kier alpha value is -2.48. The average molecular weight is 356 g/mol. The van der Waals surface area contributed by atoms with Gasteiger partial charge in [-0.2, -0.15) is 0 Å². The molecule has 0 saturated carbocycles. The lowest BCUT2D eigenvalue weighted by atomic mass is 10.0. The molecule has 2 fully saturated rings. The quantitative estimate of drug-likeness (QED) is 0.818. The number of amides is 3. The van der Waals surface area contributed by atoms with E-state index in [0.29, 0.717) is 37.0 Å². The number of nitrogens with zero attached hydrogens (tertiary/aromatic N) is 4. The maximum Gasteiger partial charge on any atom is 0.289 e. The van der Waals surface area contributed by atoms with Crippen molar-refractivity contribution in [2.45, 2.75) is 18.9 Å². The summed E-state index contributed by atoms with van der Waals surface area (Å²) >= 11 is 1.06. The molecule has 2 saturated heterocycles. The summed E-state index contributed by atoms with van der Waals surface area (Å²) in [6.07, 6.45) is 4.46. The van der Waals surface area contributed by atoms with E-state index in [1.54, 1.807) is 35.5 Å². The monoisotopic (exact) mass is 356 g/mol. The molecule has 1 aromatic heterocycles. The molecule has 2 aliphatic rings. The van der Waals surface area contributed by atoms with Crippen molar-refractivity contribution in [2.75, 3.05) is 18.8 Å². The number of benzene rings is 1. The van der Waals surface area contributed by atoms with Crippen molar-refractivity contribution in [1.82, 2.24) is 19.8 Å². The summed E-state index contributed by atoms with van der Waals surface area (Å²) in [6, 6.07) is 5.21. The van der Waals surface area contributed by atoms with E-state index in [4.69, 9.17) is 0 Å². The number of carbonyl (C=O) groups excluding carboxylic acids is 3. The van der Waals surface area contributed by atoms with Crippen molar-refractivity contribution in [3.8, 4) is 0 Å². The molecular weight excluding hydrogens is 340 g/mol. The van der Waals surface area contributed by atoms with Gasteiger partial charge >= 0.3 is 0 Å². The van der Waals surface area contributed by atoms with E-state index in [9.17, 15) is 14.4 Å². The van der Waals surface area contributed by atoms with Crippen molar-refractivity contribution in [2.24, 2.45) is 0 Å². The zero-order chi connectivity index (χ0) is 17.4. The Kier molecular flexibility index (Phi) is 4.12. The van der Waals surface area contributed by atoms with Crippen LogP contribution in [0.15, 0.2) is 30.6 Å². The molecule has 25 heavy (non-hydrogen) atoms. The van der Waals surface area contributed by atoms with Crippen LogP contribution in [0.3, 0.4) is 0 Å². The Morgan fingerprint density at radius 2 is 1.80 bits per heavy atom. The number of hydrogen-bond donors (Lipinski definition) is 0. The largest absolute Gasteiger partial charge is 0.338 e. The second-order valence-corrected chi connectivity index (χ2v) is 7.03. The van der Waals surface area contributed by atoms with Crippen molar-refractivity contribution >= 4 is 39.8 Å². The Morgan fingerprint density at radius 3 is 2.48 bits per heavy atom. The summed E-state index contributed by atoms with van der Waals surface area (Å²) in [6.45, 7) is 1.06. The first kappa shape index (κ1) is 16.0. The minimum absolute atomic E-state index is 0.0561. The second-order valence-electron chi connectivity index (χ2n) is 6.10. The number of fused-ring (bicyclic) bond motifs is 1. The van der Waals surface area contributed by atoms with Gasteiger partial charge in [-0.15, -0.1) is 0 Å². The van der Waals surface area contributed by atoms with E-state index in [2.05, 4.69) is 9.97 Å². The van der Waals surface area contributed by atoms with E-state index in [1.165, 1.54) is 4.90 Å². The van der Waals surface area contributed by atoms with Gasteiger partial charge in [0.05, 0.1) is 16.8 Å². The van der Waals surface area contributed by atoms with E-state index < -0.39 is 0 Å². The lowest BCUT2D eigenvalue weighted by Crippen LogP contribution is -2.48. The summed E-state index contributed by atoms with van der Waals surface area (Å²) in [5.74, 6) is 0.0585. The fraction of sp³-hybridized carbons (Fsp3) is 0.353. The molecule has 0 radical (unpaired) electrons. The first-order valence-electron chi connectivity index (χ1n) is 8.12. The average Bonchev–Trinajstić information content (AvgIpc) is 2.99. The fourth-order valence-corrected chi connectivity index (χ4v) is 4.10. The Balaban J connectivity index is 1.45. The summed E-state index contributed by atoms with van der Waals surface area (Å²) in [7, 11) is 0. The standard InChI is InChI=1S/C17H16N4O3S/c22-15-10-25-17(24)21(15)12-3-7-20(8-4-12)16(23)11-1-2-13-14(9-11)19-6-5-18-13/h1-2,5-6,9,12H,3-4,7-8,10H2. The molecule has 0 unspecified atom stereocenters. The third kappa shape index (κ3) is 2.97. The number of thioether (sulfide) groups is 1. The highest BCUT2D eigenvalue weighted by atomic mass is 32.2. The van der Waals surface area contributed by atoms with Crippen LogP contribution in [0.2, 0.25) is 0 Å². The van der Waals surface area contributed by atoms with Gasteiger partial charge < -0.3 is 4.90 Å². The van der Waals surface area contributed by atoms with Gasteiger partial charge in [0, 0.05) is 37.1 Å². The van der Waals surface area contributed by atoms with Crippen LogP contribution in [-0.4, -0.2) is 61.7 Å². The fourth-order valence-electron chi connectivity index (χ4n) is 3.32. The smallest absolute Gasteiger partial charge is 0.289 e. The van der Waals surface area contributed by atoms with Crippen LogP contribution in [0, 0.1) is 0 Å². The van der Waals surface area contributed by atoms with Gasteiger partial charge in [0.15, 0.2) is 0 Å². The Labute approximate surface area is 148 Å². The van der Waals surface area contributed by atoms with Crippen molar-refractivity contribution in [3.63, 3.8) is 0 Å². The number of carbonyl (C=O) groups is 3. The molecule has 2 aliphatic heterocycles. The number of imide groups is 1. The zero-order valence-electron chi connectivity index (χ0n) is 13.4. The number of rotatable bonds is 2. The molecule has 3 amide bonds. The van der Waals surface area contributed by atoms with Crippen LogP contribution in [0.5, 0.6) is 0 Å². The highest BCUT2D eigenvalue weighted by Crippen LogP contribution is 2.27. The molecule has 2 aromatic rings. The van der Waals surface area contributed by atoms with Crippen LogP contribution in [0.4, 0.5) is 4.79 Å². The van der Waals surface area contributed by atoms with Gasteiger partial charge in [0.1, 0.15) is 0 Å². The van der Waals surface area contributed by atoms with E-state index in [1.807, 2.05) is 0 Å². The normalized spacial score (nSPS) is 19.0. The molecular formula is C17H16N4O3S. The van der Waals surface area contributed by atoms with Crippen LogP contribution in [0.1, 0.15) is 23.2 Å². The molecule has 7 nitrogen and oxygen atoms in total. The van der Waals surface area contributed by atoms with Gasteiger partial charge in [-0.3, -0.25) is 29.3 Å². The van der Waals surface area contributed by atoms with E-state index in [-0.39, 0.29) is 28.8 Å². The van der Waals surface area contributed by atoms with Crippen LogP contribution in [0.25, 0.3) is 11.0 Å². The maximum absolute atomic E-state index is 12.7. The predicted molar refractivity (Wildman–Crippen MR) is 93.2 cm³/mol. The topological polar surface area (TPSA) is 83.5 Å². The number of aromatic nitrogens is 2. The molecule has 0 bridgehead atoms. The Morgan fingerprint density at radius 1 is 1.08 bits per heavy atom. The molecule has 1 aromatic carbocycles. The molecule has 8 heteroatoms. The molecule has 0 aliphatic carbocycles. The maximum atomic E-state index is 12.7. The number of likely N-dealkylation sites (tertiary alicyclic amines) is 1. The van der Waals surface area contributed by atoms with Crippen LogP contribution >= 0.6 is 11.8 Å². The first-order chi connectivity index (χ1) is 12.1. The summed E-state index contributed by atoms with van der Waals surface area (Å²) < 4.78 is 0. The Bertz CT molecular complexity index is 848. The lowest BCUT2D eigenvalue weighted by molar-refractivity contribution is -0.126. The van der Waals surface area contributed by atoms with Gasteiger partial charge in [0.2, 0.25) is 5.91 Å². The van der Waals surface area contributed by atoms with Gasteiger partial charge in [-0.1, -0.05) is 11.8 Å². The predicted octanol–water partition coefficient (Wildman–Crippen LogP) is 1.93. The third-order valence-electron chi connectivity index (χ3n) is 4.62. The minimum atomic E-state index is -0.164. The second kappa shape index (κ2) is 6.44. The number of piperidine rings is 1. The molecule has 4 rings (SSSR count). The van der Waals surface area contributed by atoms with Gasteiger partial charge in [0.25, 0.3) is 11.1 Å². The minimum Gasteiger partial charge on any atom is -0.338 e. The van der Waals surface area contributed by atoms with Crippen LogP contribution in [-0.2, 0) is 4.79 Å². The van der Waals surface area contributed by atoms with E-state index >= 15 is 0 Å². The van der Waals surface area contributed by atoms with Crippen molar-refractivity contribution < 1.29 is 14.4 Å². The highest BCUT2D eigenvalue weighted by molar-refractivity contribution is 8.14. The van der Waals surface area contributed by atoms with Gasteiger partial charge in [-0.25, -0.2) is 0 Å². The molecule has 128 valence electrons. The van der Waals surface area contributed by atoms with Crippen molar-refractivity contribution in [3.05, 3.63) is 36.2 Å². The SMILES string of the molecule is O=C(c1ccc2nccnc2c1)N1CCC(N2C(=O)CSC2=O)CC1. The van der Waals surface area contributed by atoms with Crippen molar-refractivity contribution in [1.29, 1.82) is 0 Å². The third-order valence-corrected chi connectivity index (χ3v) is 5.45. The summed E-state index contributed by atoms with van der Waals surface area (Å²) in [5.41, 5.74) is 2.02. The molecule has 0 spiro atoms. The molecule has 0 N–H and O–H groups in total. The zero-order valence-corrected chi connectivity index (χ0v) is 14.2. The lowest BCUT2D eigenvalue weighted by Gasteiger charge is -2.35. The summed E-state index contributed by atoms with van der Waals surface area (Å²) in [5, 5.41) is -0.164. The number of hydrogen-bond acceptors (Lipinski definition) is 6.